The highest BCUT2D eigenvalue weighted by molar-refractivity contribution is 7.13. The molecular weight excluding hydrogens is 316 g/mol. The van der Waals surface area contributed by atoms with E-state index in [0.29, 0.717) is 6.54 Å². The minimum atomic E-state index is 0.628. The summed E-state index contributed by atoms with van der Waals surface area (Å²) >= 11 is 7.88. The van der Waals surface area contributed by atoms with Gasteiger partial charge in [0.15, 0.2) is 0 Å². The number of benzene rings is 1. The molecule has 0 saturated carbocycles. The van der Waals surface area contributed by atoms with Gasteiger partial charge < -0.3 is 4.90 Å². The Morgan fingerprint density at radius 1 is 1.27 bits per heavy atom. The molecule has 0 saturated heterocycles. The number of hydrogen-bond acceptors (Lipinski definition) is 4. The molecule has 0 atom stereocenters. The lowest BCUT2D eigenvalue weighted by atomic mass is 10.2. The smallest absolute Gasteiger partial charge is 0.123 e. The van der Waals surface area contributed by atoms with Crippen LogP contribution in [0.4, 0.5) is 0 Å². The number of halogens is 1. The maximum absolute atomic E-state index is 6.19. The van der Waals surface area contributed by atoms with Crippen molar-refractivity contribution in [3.8, 4) is 10.6 Å². The maximum Gasteiger partial charge on any atom is 0.123 e. The zero-order valence-electron chi connectivity index (χ0n) is 12.5. The summed E-state index contributed by atoms with van der Waals surface area (Å²) in [6, 6.07) is 9.97. The third kappa shape index (κ3) is 3.55. The van der Waals surface area contributed by atoms with Crippen molar-refractivity contribution in [3.63, 3.8) is 0 Å². The molecule has 0 N–H and O–H groups in total. The van der Waals surface area contributed by atoms with Gasteiger partial charge in [0.1, 0.15) is 5.69 Å². The van der Waals surface area contributed by atoms with Gasteiger partial charge in [-0.3, -0.25) is 0 Å². The van der Waals surface area contributed by atoms with Crippen molar-refractivity contribution >= 4 is 22.9 Å². The third-order valence-corrected chi connectivity index (χ3v) is 4.60. The van der Waals surface area contributed by atoms with E-state index in [9.17, 15) is 0 Å². The Balaban J connectivity index is 1.76. The molecule has 0 unspecified atom stereocenters. The summed E-state index contributed by atoms with van der Waals surface area (Å²) < 4.78 is 1.82. The van der Waals surface area contributed by atoms with Gasteiger partial charge in [-0.1, -0.05) is 35.0 Å². The van der Waals surface area contributed by atoms with Crippen LogP contribution < -0.4 is 0 Å². The molecule has 0 bridgehead atoms. The van der Waals surface area contributed by atoms with Gasteiger partial charge >= 0.3 is 0 Å². The summed E-state index contributed by atoms with van der Waals surface area (Å²) in [6.45, 7) is 1.56. The molecule has 0 aliphatic carbocycles. The van der Waals surface area contributed by atoms with Crippen molar-refractivity contribution in [2.45, 2.75) is 13.1 Å². The monoisotopic (exact) mass is 332 g/mol. The van der Waals surface area contributed by atoms with Crippen LogP contribution in [0.15, 0.2) is 41.9 Å². The van der Waals surface area contributed by atoms with Crippen LogP contribution in [-0.2, 0) is 13.1 Å². The van der Waals surface area contributed by atoms with Crippen LogP contribution in [0.25, 0.3) is 10.6 Å². The van der Waals surface area contributed by atoms with Gasteiger partial charge in [0.05, 0.1) is 17.6 Å². The fourth-order valence-electron chi connectivity index (χ4n) is 2.25. The first-order valence-electron chi connectivity index (χ1n) is 6.98. The lowest BCUT2D eigenvalue weighted by molar-refractivity contribution is 0.403. The minimum Gasteiger partial charge on any atom is -0.305 e. The number of nitrogens with zero attached hydrogens (tertiary/aromatic N) is 4. The highest BCUT2D eigenvalue weighted by Crippen LogP contribution is 2.26. The van der Waals surface area contributed by atoms with Gasteiger partial charge in [-0.15, -0.1) is 16.4 Å². The Morgan fingerprint density at radius 2 is 2.09 bits per heavy atom. The average Bonchev–Trinajstić information content (AvgIpc) is 3.10. The van der Waals surface area contributed by atoms with Crippen LogP contribution >= 0.6 is 22.9 Å². The van der Waals surface area contributed by atoms with Crippen molar-refractivity contribution in [2.75, 3.05) is 14.1 Å². The zero-order chi connectivity index (χ0) is 15.5. The van der Waals surface area contributed by atoms with E-state index < -0.39 is 0 Å². The Bertz CT molecular complexity index is 763. The molecule has 0 aliphatic heterocycles. The number of aromatic nitrogens is 3. The molecule has 114 valence electrons. The maximum atomic E-state index is 6.19. The third-order valence-electron chi connectivity index (χ3n) is 3.23. The van der Waals surface area contributed by atoms with E-state index in [2.05, 4.69) is 40.8 Å². The molecule has 4 nitrogen and oxygen atoms in total. The SMILES string of the molecule is CN(C)Cc1csc(-c2cn(Cc3ccccc3Cl)nn2)c1. The topological polar surface area (TPSA) is 34.0 Å². The van der Waals surface area contributed by atoms with E-state index in [1.54, 1.807) is 11.3 Å². The predicted octanol–water partition coefficient (Wildman–Crippen LogP) is 3.77. The van der Waals surface area contributed by atoms with Crippen LogP contribution in [0, 0.1) is 0 Å². The van der Waals surface area contributed by atoms with E-state index in [4.69, 9.17) is 11.6 Å². The molecule has 1 aromatic carbocycles. The second-order valence-corrected chi connectivity index (χ2v) is 6.77. The van der Waals surface area contributed by atoms with E-state index in [0.717, 1.165) is 27.7 Å². The number of hydrogen-bond donors (Lipinski definition) is 0. The van der Waals surface area contributed by atoms with Crippen LogP contribution in [0.3, 0.4) is 0 Å². The van der Waals surface area contributed by atoms with Gasteiger partial charge in [-0.05, 0) is 42.7 Å². The minimum absolute atomic E-state index is 0.628. The van der Waals surface area contributed by atoms with E-state index in [1.165, 1.54) is 5.56 Å². The predicted molar refractivity (Wildman–Crippen MR) is 91.3 cm³/mol. The van der Waals surface area contributed by atoms with Crippen molar-refractivity contribution < 1.29 is 0 Å². The Hall–Kier alpha value is -1.69. The molecule has 0 spiro atoms. The van der Waals surface area contributed by atoms with Crippen molar-refractivity contribution in [1.82, 2.24) is 19.9 Å². The fraction of sp³-hybridized carbons (Fsp3) is 0.250. The lowest BCUT2D eigenvalue weighted by Crippen LogP contribution is -2.09. The van der Waals surface area contributed by atoms with Gasteiger partial charge in [0.2, 0.25) is 0 Å². The first-order chi connectivity index (χ1) is 10.6. The Kier molecular flexibility index (Phi) is 4.57. The highest BCUT2D eigenvalue weighted by atomic mass is 35.5. The average molecular weight is 333 g/mol. The quantitative estimate of drug-likeness (QED) is 0.713. The van der Waals surface area contributed by atoms with E-state index in [-0.39, 0.29) is 0 Å². The number of rotatable bonds is 5. The zero-order valence-corrected chi connectivity index (χ0v) is 14.1. The Labute approximate surface area is 139 Å². The molecule has 0 aliphatic rings. The molecular formula is C16H17ClN4S. The standard InChI is InChI=1S/C16H17ClN4S/c1-20(2)8-12-7-16(22-11-12)15-10-21(19-18-15)9-13-5-3-4-6-14(13)17/h3-7,10-11H,8-9H2,1-2H3. The van der Waals surface area contributed by atoms with Crippen molar-refractivity contribution in [3.05, 3.63) is 58.1 Å². The van der Waals surface area contributed by atoms with Crippen LogP contribution in [0.2, 0.25) is 5.02 Å². The van der Waals surface area contributed by atoms with Gasteiger partial charge in [-0.25, -0.2) is 4.68 Å². The van der Waals surface area contributed by atoms with Gasteiger partial charge in [-0.2, -0.15) is 0 Å². The van der Waals surface area contributed by atoms with Crippen LogP contribution in [0.1, 0.15) is 11.1 Å². The first-order valence-corrected chi connectivity index (χ1v) is 8.23. The molecule has 0 amide bonds. The lowest BCUT2D eigenvalue weighted by Gasteiger charge is -2.06. The molecule has 2 heterocycles. The molecule has 2 aromatic heterocycles. The van der Waals surface area contributed by atoms with Crippen LogP contribution in [-0.4, -0.2) is 34.0 Å². The molecule has 6 heteroatoms. The Morgan fingerprint density at radius 3 is 2.86 bits per heavy atom. The summed E-state index contributed by atoms with van der Waals surface area (Å²) in [5, 5.41) is 11.4. The molecule has 3 aromatic rings. The highest BCUT2D eigenvalue weighted by Gasteiger charge is 2.09. The summed E-state index contributed by atoms with van der Waals surface area (Å²) in [4.78, 5) is 3.29. The summed E-state index contributed by atoms with van der Waals surface area (Å²) in [7, 11) is 4.13. The largest absolute Gasteiger partial charge is 0.305 e. The fourth-order valence-corrected chi connectivity index (χ4v) is 3.30. The molecule has 22 heavy (non-hydrogen) atoms. The molecule has 0 radical (unpaired) electrons. The van der Waals surface area contributed by atoms with E-state index >= 15 is 0 Å². The van der Waals surface area contributed by atoms with Crippen molar-refractivity contribution in [2.24, 2.45) is 0 Å². The molecule has 0 fully saturated rings. The summed E-state index contributed by atoms with van der Waals surface area (Å²) in [5.74, 6) is 0. The summed E-state index contributed by atoms with van der Waals surface area (Å²) in [6.07, 6.45) is 1.97. The van der Waals surface area contributed by atoms with E-state index in [1.807, 2.05) is 35.1 Å². The molecule has 3 rings (SSSR count). The van der Waals surface area contributed by atoms with Crippen LogP contribution in [0.5, 0.6) is 0 Å². The van der Waals surface area contributed by atoms with Gasteiger partial charge in [0.25, 0.3) is 0 Å². The normalized spacial score (nSPS) is 11.3. The summed E-state index contributed by atoms with van der Waals surface area (Å²) in [5.41, 5.74) is 3.24. The van der Waals surface area contributed by atoms with Gasteiger partial charge in [0, 0.05) is 11.6 Å². The first kappa shape index (κ1) is 15.2. The second-order valence-electron chi connectivity index (χ2n) is 5.45. The second kappa shape index (κ2) is 6.60. The number of thiophene rings is 1. The van der Waals surface area contributed by atoms with Crippen molar-refractivity contribution in [1.29, 1.82) is 0 Å².